The fourth-order valence-corrected chi connectivity index (χ4v) is 11.9. The molecule has 3 unspecified atom stereocenters. The number of phenolic OH excluding ortho intramolecular Hbond substituents is 1. The summed E-state index contributed by atoms with van der Waals surface area (Å²) >= 11 is 1.57. The minimum Gasteiger partial charge on any atom is -0.508 e. The number of aromatic hydroxyl groups is 1. The number of hydrogen-bond acceptors (Lipinski definition) is 14. The fourth-order valence-electron chi connectivity index (χ4n) is 11.1. The van der Waals surface area contributed by atoms with Gasteiger partial charge in [0.15, 0.2) is 5.82 Å². The molecule has 10 rings (SSSR count). The summed E-state index contributed by atoms with van der Waals surface area (Å²) in [6.45, 7) is 11.1. The average molecular weight is 1040 g/mol. The molecule has 3 amide bonds. The van der Waals surface area contributed by atoms with Gasteiger partial charge in [0.2, 0.25) is 17.7 Å². The number of terminal acetylenes is 1. The van der Waals surface area contributed by atoms with Crippen molar-refractivity contribution in [3.63, 3.8) is 0 Å². The van der Waals surface area contributed by atoms with Gasteiger partial charge in [0.05, 0.1) is 33.1 Å². The topological polar surface area (TPSA) is 198 Å². The van der Waals surface area contributed by atoms with Crippen LogP contribution in [-0.4, -0.2) is 133 Å². The van der Waals surface area contributed by atoms with Crippen LogP contribution in [-0.2, 0) is 20.9 Å². The number of β-amino-alcohol motifs (C(OH)–C–C–N with tert-alkyl or cyclic N) is 1. The molecule has 5 atom stereocenters. The number of halogens is 2. The minimum absolute atomic E-state index is 0.0158. The van der Waals surface area contributed by atoms with Gasteiger partial charge in [0, 0.05) is 81.3 Å². The van der Waals surface area contributed by atoms with Crippen molar-refractivity contribution in [3.05, 3.63) is 88.7 Å². The van der Waals surface area contributed by atoms with E-state index in [4.69, 9.17) is 16.1 Å². The van der Waals surface area contributed by atoms with Crippen LogP contribution >= 0.6 is 11.3 Å². The lowest BCUT2D eigenvalue weighted by atomic mass is 9.85. The van der Waals surface area contributed by atoms with Gasteiger partial charge in [-0.1, -0.05) is 57.0 Å². The van der Waals surface area contributed by atoms with Crippen LogP contribution in [0.3, 0.4) is 0 Å². The van der Waals surface area contributed by atoms with Gasteiger partial charge >= 0.3 is 6.01 Å². The zero-order valence-electron chi connectivity index (χ0n) is 42.5. The average Bonchev–Trinajstić information content (AvgIpc) is 4.11. The molecule has 0 saturated carbocycles. The predicted octanol–water partition coefficient (Wildman–Crippen LogP) is 6.62. The van der Waals surface area contributed by atoms with E-state index in [0.29, 0.717) is 68.6 Å². The fraction of sp³-hybridized carbons (Fsp3) is 0.446. The van der Waals surface area contributed by atoms with E-state index < -0.39 is 41.1 Å². The first-order valence-electron chi connectivity index (χ1n) is 25.7. The summed E-state index contributed by atoms with van der Waals surface area (Å²) in [6.07, 6.45) is 10.2. The number of nitrogens with one attached hydrogen (secondary N) is 3. The van der Waals surface area contributed by atoms with E-state index in [-0.39, 0.29) is 95.4 Å². The molecule has 3 aromatic heterocycles. The normalized spacial score (nSPS) is 20.6. The molecule has 392 valence electrons. The molecule has 4 fully saturated rings. The lowest BCUT2D eigenvalue weighted by molar-refractivity contribution is -0.144. The Kier molecular flexibility index (Phi) is 14.7. The van der Waals surface area contributed by atoms with Crippen LogP contribution in [0.4, 0.5) is 14.6 Å². The van der Waals surface area contributed by atoms with Crippen molar-refractivity contribution in [1.29, 1.82) is 0 Å². The number of rotatable bonds is 14. The number of aliphatic hydroxyl groups excluding tert-OH is 1. The maximum atomic E-state index is 17.1. The van der Waals surface area contributed by atoms with E-state index >= 15 is 8.78 Å². The Morgan fingerprint density at radius 1 is 1.00 bits per heavy atom. The molecule has 0 radical (unpaired) electrons. The molecule has 4 aliphatic heterocycles. The van der Waals surface area contributed by atoms with Gasteiger partial charge in [0.1, 0.15) is 46.8 Å². The minimum atomic E-state index is -0.936. The molecule has 0 aliphatic carbocycles. The monoisotopic (exact) mass is 1040 g/mol. The van der Waals surface area contributed by atoms with E-state index in [0.717, 1.165) is 34.5 Å². The summed E-state index contributed by atoms with van der Waals surface area (Å²) in [4.78, 5) is 66.7. The third kappa shape index (κ3) is 11.0. The van der Waals surface area contributed by atoms with Crippen LogP contribution in [0.15, 0.2) is 60.2 Å². The third-order valence-corrected chi connectivity index (χ3v) is 16.0. The number of piperazine rings is 1. The SMILES string of the molecule is C#Cc1c(F)ccc2cc(O)cc(-c3ncc4c(N5CC6CCC(C5)N6)nc(OC5CCN(CCCC(=O)N[C@H](C(=O)N6C[C@H](O)CC6C(=O)NCc6ccc(-c7scnc7C)cc6)C(C)(C)C)CC5)nc4c3F)c12. The number of carbonyl (C=O) groups is 3. The molecule has 6 aromatic rings. The number of aliphatic hydroxyl groups is 1. The first-order valence-corrected chi connectivity index (χ1v) is 26.6. The smallest absolute Gasteiger partial charge is 0.319 e. The van der Waals surface area contributed by atoms with Crippen molar-refractivity contribution in [2.24, 2.45) is 5.41 Å². The number of thiazole rings is 1. The van der Waals surface area contributed by atoms with Crippen molar-refractivity contribution in [2.45, 2.75) is 116 Å². The lowest BCUT2D eigenvalue weighted by Gasteiger charge is -2.35. The van der Waals surface area contributed by atoms with Gasteiger partial charge in [-0.3, -0.25) is 19.4 Å². The Balaban J connectivity index is 0.763. The van der Waals surface area contributed by atoms with Crippen LogP contribution in [0.1, 0.15) is 82.5 Å². The van der Waals surface area contributed by atoms with Crippen LogP contribution in [0.2, 0.25) is 0 Å². The molecule has 2 bridgehead atoms. The van der Waals surface area contributed by atoms with E-state index in [2.05, 4.69) is 46.6 Å². The zero-order valence-corrected chi connectivity index (χ0v) is 43.4. The summed E-state index contributed by atoms with van der Waals surface area (Å²) in [6, 6.07) is 12.0. The molecule has 7 heterocycles. The number of aryl methyl sites for hydroxylation is 1. The molecule has 3 aromatic carbocycles. The summed E-state index contributed by atoms with van der Waals surface area (Å²) in [5.41, 5.74) is 3.89. The van der Waals surface area contributed by atoms with E-state index in [9.17, 15) is 24.6 Å². The number of likely N-dealkylation sites (tertiary alicyclic amines) is 2. The second kappa shape index (κ2) is 21.4. The van der Waals surface area contributed by atoms with Gasteiger partial charge in [-0.05, 0) is 85.7 Å². The lowest BCUT2D eigenvalue weighted by Crippen LogP contribution is -2.57. The Bertz CT molecular complexity index is 3180. The highest BCUT2D eigenvalue weighted by molar-refractivity contribution is 7.13. The molecule has 75 heavy (non-hydrogen) atoms. The summed E-state index contributed by atoms with van der Waals surface area (Å²) in [5, 5.41) is 32.0. The first-order chi connectivity index (χ1) is 36.0. The van der Waals surface area contributed by atoms with Gasteiger partial charge in [0.25, 0.3) is 0 Å². The van der Waals surface area contributed by atoms with E-state index in [1.165, 1.54) is 35.4 Å². The van der Waals surface area contributed by atoms with E-state index in [1.54, 1.807) is 11.3 Å². The van der Waals surface area contributed by atoms with Crippen LogP contribution < -0.4 is 25.6 Å². The maximum Gasteiger partial charge on any atom is 0.319 e. The number of benzene rings is 3. The van der Waals surface area contributed by atoms with Crippen molar-refractivity contribution in [1.82, 2.24) is 45.7 Å². The number of pyridine rings is 1. The Morgan fingerprint density at radius 3 is 2.44 bits per heavy atom. The number of amides is 3. The first kappa shape index (κ1) is 51.6. The van der Waals surface area contributed by atoms with Crippen molar-refractivity contribution in [2.75, 3.05) is 44.2 Å². The summed E-state index contributed by atoms with van der Waals surface area (Å²) in [5.74, 6) is 0.223. The number of hydrogen-bond donors (Lipinski definition) is 5. The van der Waals surface area contributed by atoms with Crippen molar-refractivity contribution >= 4 is 56.6 Å². The van der Waals surface area contributed by atoms with Gasteiger partial charge < -0.3 is 45.6 Å². The second-order valence-corrected chi connectivity index (χ2v) is 22.3. The van der Waals surface area contributed by atoms with Crippen molar-refractivity contribution < 1.29 is 38.1 Å². The second-order valence-electron chi connectivity index (χ2n) is 21.4. The number of anilines is 1. The van der Waals surface area contributed by atoms with Crippen LogP contribution in [0, 0.1) is 36.3 Å². The molecule has 5 N–H and O–H groups in total. The number of piperidine rings is 1. The molecule has 16 nitrogen and oxygen atoms in total. The number of nitrogens with zero attached hydrogens (tertiary/aromatic N) is 7. The zero-order chi connectivity index (χ0) is 52.7. The highest BCUT2D eigenvalue weighted by atomic mass is 32.1. The highest BCUT2D eigenvalue weighted by Crippen LogP contribution is 2.40. The third-order valence-electron chi connectivity index (χ3n) is 15.0. The van der Waals surface area contributed by atoms with Gasteiger partial charge in [-0.25, -0.2) is 13.8 Å². The molecule has 4 aliphatic rings. The summed E-state index contributed by atoms with van der Waals surface area (Å²) in [7, 11) is 0. The predicted molar refractivity (Wildman–Crippen MR) is 283 cm³/mol. The van der Waals surface area contributed by atoms with Crippen LogP contribution in [0.25, 0.3) is 43.4 Å². The standard InChI is InChI=1S/C56H62F2N10O6S/c1-6-40-43(57)16-13-34-22-37(69)23-41(46(34)40)48-47(58)49-42(26-59-48)52(67-27-35-14-15-36(28-67)62-35)65-55(64-49)74-39-17-20-66(21-18-39)19-7-8-45(71)63-51(56(3,4)5)54(73)68-29-38(70)24-44(68)53(72)60-25-32-9-11-33(12-10-32)50-31(2)61-30-75-50/h1,9-13,16,22-23,26,30,35-36,38-39,44,51,62,69-70H,7-8,14-15,17-21,24-25,27-29H2,2-5H3,(H,60,72)(H,63,71)/t35?,36?,38-,44?,51-/m1/s1. The molecular formula is C56H62F2N10O6S. The number of aromatic nitrogens is 4. The molecule has 0 spiro atoms. The van der Waals surface area contributed by atoms with Gasteiger partial charge in [-0.2, -0.15) is 9.97 Å². The van der Waals surface area contributed by atoms with Crippen LogP contribution in [0.5, 0.6) is 11.8 Å². The van der Waals surface area contributed by atoms with Crippen molar-refractivity contribution in [3.8, 4) is 45.8 Å². The number of ether oxygens (including phenoxy) is 1. The number of phenols is 1. The molecule has 19 heteroatoms. The number of carbonyl (C=O) groups excluding carboxylic acids is 3. The maximum absolute atomic E-state index is 17.1. The quantitative estimate of drug-likeness (QED) is 0.0732. The Morgan fingerprint density at radius 2 is 1.75 bits per heavy atom. The van der Waals surface area contributed by atoms with Gasteiger partial charge in [-0.15, -0.1) is 17.8 Å². The number of fused-ring (bicyclic) bond motifs is 4. The molecule has 4 saturated heterocycles. The largest absolute Gasteiger partial charge is 0.508 e. The van der Waals surface area contributed by atoms with E-state index in [1.807, 2.05) is 57.5 Å². The summed E-state index contributed by atoms with van der Waals surface area (Å²) < 4.78 is 38.6. The Labute approximate surface area is 438 Å². The Hall–Kier alpha value is -6.85. The molecular weight excluding hydrogens is 979 g/mol. The highest BCUT2D eigenvalue weighted by Gasteiger charge is 2.44.